The second-order valence-corrected chi connectivity index (χ2v) is 4.87. The van der Waals surface area contributed by atoms with E-state index in [0.29, 0.717) is 17.3 Å². The van der Waals surface area contributed by atoms with Crippen LogP contribution in [-0.4, -0.2) is 17.5 Å². The first kappa shape index (κ1) is 12.1. The predicted octanol–water partition coefficient (Wildman–Crippen LogP) is 2.92. The lowest BCUT2D eigenvalue weighted by Gasteiger charge is -2.26. The maximum atomic E-state index is 12.1. The van der Waals surface area contributed by atoms with Crippen molar-refractivity contribution in [1.29, 1.82) is 0 Å². The van der Waals surface area contributed by atoms with Gasteiger partial charge in [-0.05, 0) is 12.1 Å². The summed E-state index contributed by atoms with van der Waals surface area (Å²) in [6.45, 7) is 0.605. The van der Waals surface area contributed by atoms with Crippen molar-refractivity contribution in [1.82, 2.24) is 10.3 Å². The Kier molecular flexibility index (Phi) is 3.17. The molecule has 1 aliphatic heterocycles. The number of rotatable bonds is 2. The lowest BCUT2D eigenvalue weighted by Crippen LogP contribution is -2.32. The molecule has 5 heteroatoms. The van der Waals surface area contributed by atoms with E-state index in [0.717, 1.165) is 17.7 Å². The molecule has 0 aliphatic carbocycles. The van der Waals surface area contributed by atoms with Crippen molar-refractivity contribution >= 4 is 17.5 Å². The van der Waals surface area contributed by atoms with Crippen LogP contribution in [0.5, 0.6) is 5.75 Å². The minimum atomic E-state index is -0.159. The van der Waals surface area contributed by atoms with Crippen LogP contribution < -0.4 is 10.1 Å². The molecular weight excluding hydrogens is 264 g/mol. The number of para-hydroxylation sites is 1. The van der Waals surface area contributed by atoms with Crippen molar-refractivity contribution in [2.45, 2.75) is 12.5 Å². The Morgan fingerprint density at radius 1 is 1.42 bits per heavy atom. The number of halogens is 1. The van der Waals surface area contributed by atoms with Crippen LogP contribution in [-0.2, 0) is 0 Å². The Balaban J connectivity index is 1.79. The van der Waals surface area contributed by atoms with Gasteiger partial charge in [-0.2, -0.15) is 0 Å². The largest absolute Gasteiger partial charge is 0.493 e. The van der Waals surface area contributed by atoms with Gasteiger partial charge in [0.05, 0.1) is 17.7 Å². The summed E-state index contributed by atoms with van der Waals surface area (Å²) >= 11 is 5.80. The average molecular weight is 277 g/mol. The number of H-pyrrole nitrogens is 1. The standard InChI is InChI=1S/C14H13ClN2O2/c15-9-7-12(16-8-9)14(18)17-11-5-6-19-13-4-2-1-3-10(11)13/h1-4,7-8,11,16H,5-6H2,(H,17,18)/t11-/m0/s1. The van der Waals surface area contributed by atoms with E-state index in [2.05, 4.69) is 10.3 Å². The minimum absolute atomic E-state index is 0.0282. The molecule has 1 aromatic carbocycles. The second-order valence-electron chi connectivity index (χ2n) is 4.43. The van der Waals surface area contributed by atoms with E-state index in [9.17, 15) is 4.79 Å². The van der Waals surface area contributed by atoms with E-state index in [1.54, 1.807) is 12.3 Å². The highest BCUT2D eigenvalue weighted by Gasteiger charge is 2.23. The maximum absolute atomic E-state index is 12.1. The van der Waals surface area contributed by atoms with Gasteiger partial charge in [0.15, 0.2) is 0 Å². The third-order valence-corrected chi connectivity index (χ3v) is 3.37. The smallest absolute Gasteiger partial charge is 0.268 e. The Bertz CT molecular complexity index is 609. The van der Waals surface area contributed by atoms with E-state index in [-0.39, 0.29) is 11.9 Å². The number of benzene rings is 1. The van der Waals surface area contributed by atoms with E-state index in [4.69, 9.17) is 16.3 Å². The van der Waals surface area contributed by atoms with Gasteiger partial charge in [-0.15, -0.1) is 0 Å². The molecule has 0 bridgehead atoms. The van der Waals surface area contributed by atoms with Crippen LogP contribution in [0.2, 0.25) is 5.02 Å². The molecule has 4 nitrogen and oxygen atoms in total. The van der Waals surface area contributed by atoms with Crippen molar-refractivity contribution in [3.05, 3.63) is 52.8 Å². The van der Waals surface area contributed by atoms with Crippen molar-refractivity contribution in [2.24, 2.45) is 0 Å². The fourth-order valence-electron chi connectivity index (χ4n) is 2.23. The SMILES string of the molecule is O=C(N[C@H]1CCOc2ccccc21)c1cc(Cl)c[nH]1. The average Bonchev–Trinajstić information content (AvgIpc) is 2.86. The van der Waals surface area contributed by atoms with Gasteiger partial charge in [-0.1, -0.05) is 29.8 Å². The Morgan fingerprint density at radius 2 is 2.26 bits per heavy atom. The summed E-state index contributed by atoms with van der Waals surface area (Å²) in [5.74, 6) is 0.678. The van der Waals surface area contributed by atoms with Gasteiger partial charge in [0.1, 0.15) is 11.4 Å². The number of hydrogen-bond donors (Lipinski definition) is 2. The van der Waals surface area contributed by atoms with Gasteiger partial charge >= 0.3 is 0 Å². The van der Waals surface area contributed by atoms with Crippen LogP contribution >= 0.6 is 11.6 Å². The molecule has 1 aromatic heterocycles. The highest BCUT2D eigenvalue weighted by Crippen LogP contribution is 2.31. The molecule has 0 saturated heterocycles. The molecular formula is C14H13ClN2O2. The maximum Gasteiger partial charge on any atom is 0.268 e. The van der Waals surface area contributed by atoms with Gasteiger partial charge in [-0.3, -0.25) is 4.79 Å². The third kappa shape index (κ3) is 2.44. The number of amides is 1. The van der Waals surface area contributed by atoms with Crippen LogP contribution in [0.25, 0.3) is 0 Å². The summed E-state index contributed by atoms with van der Waals surface area (Å²) in [7, 11) is 0. The minimum Gasteiger partial charge on any atom is -0.493 e. The lowest BCUT2D eigenvalue weighted by atomic mass is 10.0. The summed E-state index contributed by atoms with van der Waals surface area (Å²) in [4.78, 5) is 14.9. The molecule has 1 amide bonds. The van der Waals surface area contributed by atoms with Gasteiger partial charge in [0.2, 0.25) is 0 Å². The van der Waals surface area contributed by atoms with Crippen LogP contribution in [0.1, 0.15) is 28.5 Å². The first-order valence-corrected chi connectivity index (χ1v) is 6.48. The topological polar surface area (TPSA) is 54.1 Å². The zero-order chi connectivity index (χ0) is 13.2. The van der Waals surface area contributed by atoms with Crippen molar-refractivity contribution in [3.8, 4) is 5.75 Å². The number of fused-ring (bicyclic) bond motifs is 1. The normalized spacial score (nSPS) is 17.4. The van der Waals surface area contributed by atoms with E-state index >= 15 is 0 Å². The molecule has 2 heterocycles. The van der Waals surface area contributed by atoms with Crippen molar-refractivity contribution in [2.75, 3.05) is 6.61 Å². The number of ether oxygens (including phenoxy) is 1. The Labute approximate surface area is 115 Å². The number of aromatic nitrogens is 1. The molecule has 0 spiro atoms. The molecule has 0 fully saturated rings. The molecule has 2 aromatic rings. The van der Waals surface area contributed by atoms with Gasteiger partial charge in [0, 0.05) is 18.2 Å². The summed E-state index contributed by atoms with van der Waals surface area (Å²) in [5.41, 5.74) is 1.48. The Hall–Kier alpha value is -1.94. The highest BCUT2D eigenvalue weighted by atomic mass is 35.5. The van der Waals surface area contributed by atoms with Crippen molar-refractivity contribution in [3.63, 3.8) is 0 Å². The number of carbonyl (C=O) groups excluding carboxylic acids is 1. The van der Waals surface area contributed by atoms with E-state index in [1.165, 1.54) is 0 Å². The van der Waals surface area contributed by atoms with Crippen LogP contribution in [0.3, 0.4) is 0 Å². The number of aromatic amines is 1. The number of nitrogens with one attached hydrogen (secondary N) is 2. The lowest BCUT2D eigenvalue weighted by molar-refractivity contribution is 0.0920. The molecule has 1 atom stereocenters. The van der Waals surface area contributed by atoms with Gasteiger partial charge < -0.3 is 15.0 Å². The molecule has 98 valence electrons. The van der Waals surface area contributed by atoms with Gasteiger partial charge in [-0.25, -0.2) is 0 Å². The first-order valence-electron chi connectivity index (χ1n) is 6.10. The first-order chi connectivity index (χ1) is 9.24. The summed E-state index contributed by atoms with van der Waals surface area (Å²) < 4.78 is 5.56. The zero-order valence-electron chi connectivity index (χ0n) is 10.2. The molecule has 3 rings (SSSR count). The van der Waals surface area contributed by atoms with Crippen LogP contribution in [0, 0.1) is 0 Å². The third-order valence-electron chi connectivity index (χ3n) is 3.16. The number of hydrogen-bond acceptors (Lipinski definition) is 2. The quantitative estimate of drug-likeness (QED) is 0.886. The summed E-state index contributed by atoms with van der Waals surface area (Å²) in [6, 6.07) is 9.34. The fraction of sp³-hybridized carbons (Fsp3) is 0.214. The fourth-order valence-corrected chi connectivity index (χ4v) is 2.39. The molecule has 1 aliphatic rings. The summed E-state index contributed by atoms with van der Waals surface area (Å²) in [5, 5.41) is 3.52. The molecule has 2 N–H and O–H groups in total. The molecule has 0 unspecified atom stereocenters. The summed E-state index contributed by atoms with van der Waals surface area (Å²) in [6.07, 6.45) is 2.35. The zero-order valence-corrected chi connectivity index (χ0v) is 10.9. The number of carbonyl (C=O) groups is 1. The van der Waals surface area contributed by atoms with E-state index < -0.39 is 0 Å². The van der Waals surface area contributed by atoms with Crippen LogP contribution in [0.4, 0.5) is 0 Å². The van der Waals surface area contributed by atoms with Gasteiger partial charge in [0.25, 0.3) is 5.91 Å². The highest BCUT2D eigenvalue weighted by molar-refractivity contribution is 6.30. The monoisotopic (exact) mass is 276 g/mol. The predicted molar refractivity (Wildman–Crippen MR) is 72.6 cm³/mol. The Morgan fingerprint density at radius 3 is 3.05 bits per heavy atom. The van der Waals surface area contributed by atoms with E-state index in [1.807, 2.05) is 24.3 Å². The van der Waals surface area contributed by atoms with Crippen LogP contribution in [0.15, 0.2) is 36.5 Å². The van der Waals surface area contributed by atoms with Crippen molar-refractivity contribution < 1.29 is 9.53 Å². The molecule has 19 heavy (non-hydrogen) atoms. The molecule has 0 radical (unpaired) electrons. The molecule has 0 saturated carbocycles. The second kappa shape index (κ2) is 4.97.